The van der Waals surface area contributed by atoms with Gasteiger partial charge in [0.05, 0.1) is 32.0 Å². The van der Waals surface area contributed by atoms with Gasteiger partial charge in [0.2, 0.25) is 0 Å². The number of rotatable bonds is 29. The highest BCUT2D eigenvalue weighted by Gasteiger charge is 2.50. The van der Waals surface area contributed by atoms with E-state index in [1.165, 1.54) is 57.8 Å². The van der Waals surface area contributed by atoms with E-state index < -0.39 is 93.0 Å². The lowest BCUT2D eigenvalue weighted by Crippen LogP contribution is -2.65. The van der Waals surface area contributed by atoms with Crippen molar-refractivity contribution in [3.8, 4) is 0 Å². The van der Waals surface area contributed by atoms with Crippen LogP contribution in [0.5, 0.6) is 0 Å². The molecule has 14 nitrogen and oxygen atoms in total. The van der Waals surface area contributed by atoms with Crippen molar-refractivity contribution in [2.24, 2.45) is 0 Å². The standard InChI is InChI=1S/C38H73NO13/c1-3-5-7-9-10-11-12-13-14-15-16-18-19-21-27(42)26(39-30(43)22-20-17-8-6-4-2)25-49-37-35(48)33(46)36(29(24-41)51-37)52-38-34(47)32(45)31(44)28(23-40)50-38/h19,21,26-48H,3-18,20,22-25H2,1-2H3/b21-19+/t26-,27+,28+,29+,30-,31-,32-,33+,34+,35+,36+,37-,38-/m0/s1. The predicted octanol–water partition coefficient (Wildman–Crippen LogP) is 1.88. The van der Waals surface area contributed by atoms with Crippen LogP contribution in [-0.4, -0.2) is 146 Å². The van der Waals surface area contributed by atoms with E-state index in [1.54, 1.807) is 6.08 Å². The summed E-state index contributed by atoms with van der Waals surface area (Å²) in [7, 11) is 0. The van der Waals surface area contributed by atoms with Gasteiger partial charge in [-0.1, -0.05) is 116 Å². The quantitative estimate of drug-likeness (QED) is 0.0299. The van der Waals surface area contributed by atoms with Crippen molar-refractivity contribution in [1.82, 2.24) is 5.32 Å². The molecule has 0 aromatic heterocycles. The average molecular weight is 752 g/mol. The van der Waals surface area contributed by atoms with Gasteiger partial charge >= 0.3 is 0 Å². The zero-order valence-electron chi connectivity index (χ0n) is 31.7. The van der Waals surface area contributed by atoms with Crippen LogP contribution in [0.4, 0.5) is 0 Å². The third-order valence-corrected chi connectivity index (χ3v) is 10.1. The molecule has 2 aliphatic rings. The summed E-state index contributed by atoms with van der Waals surface area (Å²) in [6.07, 6.45) is 5.99. The first kappa shape index (κ1) is 47.3. The topological polar surface area (TPSA) is 231 Å². The molecule has 308 valence electrons. The predicted molar refractivity (Wildman–Crippen MR) is 195 cm³/mol. The summed E-state index contributed by atoms with van der Waals surface area (Å²) < 4.78 is 22.5. The van der Waals surface area contributed by atoms with Gasteiger partial charge in [-0.05, 0) is 25.7 Å². The third-order valence-electron chi connectivity index (χ3n) is 10.1. The minimum atomic E-state index is -1.77. The lowest BCUT2D eigenvalue weighted by molar-refractivity contribution is -0.359. The molecule has 0 aromatic carbocycles. The lowest BCUT2D eigenvalue weighted by Gasteiger charge is -2.46. The summed E-state index contributed by atoms with van der Waals surface area (Å²) in [6.45, 7) is 2.74. The number of aliphatic hydroxyl groups is 9. The Labute approximate surface area is 311 Å². The summed E-state index contributed by atoms with van der Waals surface area (Å²) in [4.78, 5) is 0. The Bertz CT molecular complexity index is 899. The zero-order chi connectivity index (χ0) is 38.3. The van der Waals surface area contributed by atoms with Crippen molar-refractivity contribution in [2.75, 3.05) is 19.8 Å². The normalized spacial score (nSPS) is 31.6. The SMILES string of the molecule is CCCCCCCCCCCCC/C=C/[C@@H](O)[C@H](CO[C@H]1O[C@H](CO)[C@@H](O[C@@H]2O[C@H](CO)[C@H](O)[C@H](O)[C@H]2O)[C@H](O)[C@H]1O)N[C@@H](O)CCCCCCC. The second kappa shape index (κ2) is 27.7. The molecule has 0 radical (unpaired) electrons. The van der Waals surface area contributed by atoms with Crippen LogP contribution in [-0.2, 0) is 18.9 Å². The van der Waals surface area contributed by atoms with Crippen LogP contribution < -0.4 is 5.32 Å². The van der Waals surface area contributed by atoms with Crippen LogP contribution in [0.3, 0.4) is 0 Å². The molecule has 52 heavy (non-hydrogen) atoms. The minimum Gasteiger partial charge on any atom is -0.394 e. The molecule has 13 atom stereocenters. The van der Waals surface area contributed by atoms with E-state index in [4.69, 9.17) is 18.9 Å². The van der Waals surface area contributed by atoms with E-state index in [9.17, 15) is 46.0 Å². The second-order valence-electron chi connectivity index (χ2n) is 14.6. The van der Waals surface area contributed by atoms with Crippen molar-refractivity contribution >= 4 is 0 Å². The zero-order valence-corrected chi connectivity index (χ0v) is 31.7. The fourth-order valence-corrected chi connectivity index (χ4v) is 6.70. The summed E-state index contributed by atoms with van der Waals surface area (Å²) in [5.41, 5.74) is 0. The highest BCUT2D eigenvalue weighted by molar-refractivity contribution is 4.97. The number of aliphatic hydroxyl groups excluding tert-OH is 9. The van der Waals surface area contributed by atoms with Gasteiger partial charge in [0, 0.05) is 0 Å². The number of hydrogen-bond donors (Lipinski definition) is 10. The van der Waals surface area contributed by atoms with Crippen molar-refractivity contribution in [2.45, 2.75) is 209 Å². The smallest absolute Gasteiger partial charge is 0.187 e. The van der Waals surface area contributed by atoms with E-state index in [-0.39, 0.29) is 6.61 Å². The Kier molecular flexibility index (Phi) is 25.2. The molecule has 2 aliphatic heterocycles. The van der Waals surface area contributed by atoms with Gasteiger partial charge in [0.15, 0.2) is 12.6 Å². The fourth-order valence-electron chi connectivity index (χ4n) is 6.70. The van der Waals surface area contributed by atoms with E-state index in [2.05, 4.69) is 19.2 Å². The third kappa shape index (κ3) is 16.9. The molecule has 0 bridgehead atoms. The van der Waals surface area contributed by atoms with Crippen LogP contribution in [0.25, 0.3) is 0 Å². The highest BCUT2D eigenvalue weighted by atomic mass is 16.7. The van der Waals surface area contributed by atoms with Gasteiger partial charge in [0.25, 0.3) is 0 Å². The molecule has 0 aliphatic carbocycles. The molecule has 2 heterocycles. The molecule has 2 fully saturated rings. The van der Waals surface area contributed by atoms with Gasteiger partial charge in [0.1, 0.15) is 55.1 Å². The van der Waals surface area contributed by atoms with Gasteiger partial charge in [-0.3, -0.25) is 5.32 Å². The van der Waals surface area contributed by atoms with E-state index in [0.717, 1.165) is 51.4 Å². The first-order valence-corrected chi connectivity index (χ1v) is 20.1. The maximum absolute atomic E-state index is 11.1. The second-order valence-corrected chi connectivity index (χ2v) is 14.6. The first-order valence-electron chi connectivity index (χ1n) is 20.1. The van der Waals surface area contributed by atoms with Crippen molar-refractivity contribution in [3.63, 3.8) is 0 Å². The number of hydrogen-bond acceptors (Lipinski definition) is 14. The molecule has 0 amide bonds. The van der Waals surface area contributed by atoms with Gasteiger partial charge in [-0.25, -0.2) is 0 Å². The van der Waals surface area contributed by atoms with Crippen LogP contribution in [0.15, 0.2) is 12.2 Å². The molecule has 10 N–H and O–H groups in total. The molecule has 2 rings (SSSR count). The molecule has 0 unspecified atom stereocenters. The average Bonchev–Trinajstić information content (AvgIpc) is 3.14. The Balaban J connectivity index is 1.93. The van der Waals surface area contributed by atoms with E-state index in [0.29, 0.717) is 6.42 Å². The van der Waals surface area contributed by atoms with E-state index in [1.807, 2.05) is 6.08 Å². The van der Waals surface area contributed by atoms with Gasteiger partial charge in [-0.2, -0.15) is 0 Å². The summed E-state index contributed by atoms with van der Waals surface area (Å²) in [5, 5.41) is 96.9. The highest BCUT2D eigenvalue weighted by Crippen LogP contribution is 2.30. The van der Waals surface area contributed by atoms with Crippen LogP contribution in [0, 0.1) is 0 Å². The molecule has 0 spiro atoms. The Hall–Kier alpha value is -0.820. The molecular formula is C38H73NO13. The number of allylic oxidation sites excluding steroid dienone is 1. The molecule has 2 saturated heterocycles. The number of nitrogens with one attached hydrogen (secondary N) is 1. The fraction of sp³-hybridized carbons (Fsp3) is 0.947. The first-order chi connectivity index (χ1) is 25.1. The molecule has 0 saturated carbocycles. The summed E-state index contributed by atoms with van der Waals surface area (Å²) >= 11 is 0. The van der Waals surface area contributed by atoms with Crippen LogP contribution in [0.2, 0.25) is 0 Å². The van der Waals surface area contributed by atoms with Crippen molar-refractivity contribution in [3.05, 3.63) is 12.2 Å². The Morgan fingerprint density at radius 3 is 1.71 bits per heavy atom. The number of unbranched alkanes of at least 4 members (excludes halogenated alkanes) is 15. The van der Waals surface area contributed by atoms with Crippen LogP contribution >= 0.6 is 0 Å². The monoisotopic (exact) mass is 752 g/mol. The number of ether oxygens (including phenoxy) is 4. The van der Waals surface area contributed by atoms with Gasteiger partial charge < -0.3 is 64.9 Å². The molecular weight excluding hydrogens is 678 g/mol. The minimum absolute atomic E-state index is 0.234. The van der Waals surface area contributed by atoms with Crippen LogP contribution in [0.1, 0.15) is 129 Å². The van der Waals surface area contributed by atoms with Crippen molar-refractivity contribution < 1.29 is 64.9 Å². The largest absolute Gasteiger partial charge is 0.394 e. The maximum atomic E-state index is 11.1. The Morgan fingerprint density at radius 2 is 1.13 bits per heavy atom. The van der Waals surface area contributed by atoms with Gasteiger partial charge in [-0.15, -0.1) is 0 Å². The summed E-state index contributed by atoms with van der Waals surface area (Å²) in [5.74, 6) is 0. The molecule has 0 aromatic rings. The van der Waals surface area contributed by atoms with E-state index >= 15 is 0 Å². The van der Waals surface area contributed by atoms with Crippen molar-refractivity contribution in [1.29, 1.82) is 0 Å². The lowest BCUT2D eigenvalue weighted by atomic mass is 9.97. The molecule has 14 heteroatoms. The maximum Gasteiger partial charge on any atom is 0.187 e. The summed E-state index contributed by atoms with van der Waals surface area (Å²) in [6, 6.07) is -0.803. The Morgan fingerprint density at radius 1 is 0.615 bits per heavy atom.